The lowest BCUT2D eigenvalue weighted by Gasteiger charge is -2.43. The van der Waals surface area contributed by atoms with E-state index >= 15 is 0 Å². The first-order valence-electron chi connectivity index (χ1n) is 9.54. The molecule has 0 bridgehead atoms. The van der Waals surface area contributed by atoms with Crippen molar-refractivity contribution >= 4 is 23.2 Å². The number of carboxylic acid groups (broad SMARTS) is 1. The van der Waals surface area contributed by atoms with Crippen molar-refractivity contribution in [3.8, 4) is 0 Å². The van der Waals surface area contributed by atoms with E-state index in [1.165, 1.54) is 0 Å². The summed E-state index contributed by atoms with van der Waals surface area (Å²) in [6, 6.07) is 0. The highest BCUT2D eigenvalue weighted by atomic mass is 32.1. The molecule has 162 valence electrons. The first kappa shape index (κ1) is 22.0. The number of aromatic nitrogens is 1. The van der Waals surface area contributed by atoms with E-state index in [1.54, 1.807) is 11.3 Å². The third-order valence-electron chi connectivity index (χ3n) is 5.60. The number of fused-ring (bicyclic) bond motifs is 1. The Kier molecular flexibility index (Phi) is 6.79. The predicted octanol–water partition coefficient (Wildman–Crippen LogP) is 2.38. The number of nitrogens with zero attached hydrogens (tertiary/aromatic N) is 3. The summed E-state index contributed by atoms with van der Waals surface area (Å²) in [7, 11) is 0. The van der Waals surface area contributed by atoms with Crippen molar-refractivity contribution in [1.29, 1.82) is 0 Å². The normalized spacial score (nSPS) is 27.3. The molecule has 0 radical (unpaired) electrons. The minimum absolute atomic E-state index is 0.119. The molecule has 3 fully saturated rings. The predicted molar refractivity (Wildman–Crippen MR) is 98.3 cm³/mol. The molecular weight excluding hydrogens is 411 g/mol. The molecule has 0 spiro atoms. The van der Waals surface area contributed by atoms with E-state index in [-0.39, 0.29) is 11.5 Å². The van der Waals surface area contributed by atoms with Crippen LogP contribution in [0.4, 0.5) is 13.2 Å². The van der Waals surface area contributed by atoms with Gasteiger partial charge in [0.1, 0.15) is 5.01 Å². The summed E-state index contributed by atoms with van der Waals surface area (Å²) >= 11 is 1.70. The largest absolute Gasteiger partial charge is 0.490 e. The van der Waals surface area contributed by atoms with Crippen molar-refractivity contribution in [2.75, 3.05) is 32.8 Å². The molecule has 1 aromatic rings. The number of thiazole rings is 1. The van der Waals surface area contributed by atoms with Gasteiger partial charge in [-0.05, 0) is 25.7 Å². The number of ether oxygens (including phenoxy) is 1. The number of alkyl halides is 3. The van der Waals surface area contributed by atoms with E-state index in [9.17, 15) is 18.0 Å². The van der Waals surface area contributed by atoms with Gasteiger partial charge in [0.25, 0.3) is 0 Å². The Labute approximate surface area is 170 Å². The van der Waals surface area contributed by atoms with Crippen LogP contribution in [-0.4, -0.2) is 76.8 Å². The molecule has 1 amide bonds. The second-order valence-corrected chi connectivity index (χ2v) is 8.47. The monoisotopic (exact) mass is 435 g/mol. The van der Waals surface area contributed by atoms with Crippen molar-refractivity contribution in [2.24, 2.45) is 5.41 Å². The average molecular weight is 435 g/mol. The number of halogens is 3. The maximum Gasteiger partial charge on any atom is 0.490 e. The zero-order valence-corrected chi connectivity index (χ0v) is 16.7. The minimum Gasteiger partial charge on any atom is -0.475 e. The Bertz CT molecular complexity index is 710. The smallest absolute Gasteiger partial charge is 0.475 e. The molecule has 0 saturated carbocycles. The van der Waals surface area contributed by atoms with Crippen LogP contribution < -0.4 is 0 Å². The molecule has 3 aliphatic rings. The fraction of sp³-hybridized carbons (Fsp3) is 0.722. The molecule has 4 rings (SSSR count). The van der Waals surface area contributed by atoms with Crippen molar-refractivity contribution < 1.29 is 32.6 Å². The Balaban J connectivity index is 0.000000298. The highest BCUT2D eigenvalue weighted by Gasteiger charge is 2.54. The maximum atomic E-state index is 13.2. The fourth-order valence-corrected chi connectivity index (χ4v) is 4.88. The topological polar surface area (TPSA) is 83.0 Å². The first-order valence-corrected chi connectivity index (χ1v) is 10.4. The summed E-state index contributed by atoms with van der Waals surface area (Å²) in [6.07, 6.45) is 1.03. The van der Waals surface area contributed by atoms with Crippen LogP contribution in [0.25, 0.3) is 0 Å². The van der Waals surface area contributed by atoms with Gasteiger partial charge >= 0.3 is 12.1 Å². The highest BCUT2D eigenvalue weighted by molar-refractivity contribution is 7.09. The number of carbonyl (C=O) groups is 2. The molecule has 3 aliphatic heterocycles. The highest BCUT2D eigenvalue weighted by Crippen LogP contribution is 2.43. The quantitative estimate of drug-likeness (QED) is 0.785. The van der Waals surface area contributed by atoms with Crippen LogP contribution in [0.2, 0.25) is 0 Å². The Morgan fingerprint density at radius 1 is 1.31 bits per heavy atom. The van der Waals surface area contributed by atoms with Crippen LogP contribution in [0.15, 0.2) is 11.6 Å². The third kappa shape index (κ3) is 5.07. The van der Waals surface area contributed by atoms with Gasteiger partial charge in [-0.15, -0.1) is 11.3 Å². The van der Waals surface area contributed by atoms with Crippen LogP contribution in [0.1, 0.15) is 30.7 Å². The molecule has 2 atom stereocenters. The van der Waals surface area contributed by atoms with E-state index < -0.39 is 12.1 Å². The van der Waals surface area contributed by atoms with Gasteiger partial charge in [-0.2, -0.15) is 13.2 Å². The zero-order chi connectivity index (χ0) is 21.1. The summed E-state index contributed by atoms with van der Waals surface area (Å²) in [5.41, 5.74) is -0.306. The molecular formula is C18H24F3N3O4S. The van der Waals surface area contributed by atoms with Crippen LogP contribution in [0, 0.1) is 5.41 Å². The van der Waals surface area contributed by atoms with Crippen LogP contribution >= 0.6 is 11.3 Å². The van der Waals surface area contributed by atoms with Gasteiger partial charge in [0, 0.05) is 44.4 Å². The number of piperidine rings is 1. The summed E-state index contributed by atoms with van der Waals surface area (Å²) in [6.45, 7) is 5.28. The first-order chi connectivity index (χ1) is 13.7. The van der Waals surface area contributed by atoms with Crippen LogP contribution in [0.3, 0.4) is 0 Å². The van der Waals surface area contributed by atoms with Crippen molar-refractivity contribution in [3.05, 3.63) is 16.6 Å². The molecule has 29 heavy (non-hydrogen) atoms. The van der Waals surface area contributed by atoms with E-state index in [0.717, 1.165) is 70.0 Å². The lowest BCUT2D eigenvalue weighted by molar-refractivity contribution is -0.192. The second-order valence-electron chi connectivity index (χ2n) is 7.49. The summed E-state index contributed by atoms with van der Waals surface area (Å²) < 4.78 is 37.7. The molecule has 11 heteroatoms. The molecule has 1 N–H and O–H groups in total. The van der Waals surface area contributed by atoms with Gasteiger partial charge in [0.15, 0.2) is 0 Å². The molecule has 0 aromatic carbocycles. The standard InChI is InChI=1S/C16H23N3O2S.C2HF3O2/c20-15(19-6-1-2-7-19)16-4-9-21-13(16)3-8-18(12-16)11-14-17-5-10-22-14;3-2(4,5)1(6)7/h5,10,13H,1-4,6-9,11-12H2;(H,6,7)/t13-,16-;/m1./s1. The Hall–Kier alpha value is -1.72. The number of carbonyl (C=O) groups excluding carboxylic acids is 1. The maximum absolute atomic E-state index is 13.2. The van der Waals surface area contributed by atoms with E-state index in [1.807, 2.05) is 11.6 Å². The van der Waals surface area contributed by atoms with E-state index in [4.69, 9.17) is 14.6 Å². The van der Waals surface area contributed by atoms with Gasteiger partial charge < -0.3 is 14.7 Å². The number of rotatable bonds is 3. The number of hydrogen-bond acceptors (Lipinski definition) is 6. The molecule has 3 saturated heterocycles. The van der Waals surface area contributed by atoms with Gasteiger partial charge in [-0.3, -0.25) is 9.69 Å². The summed E-state index contributed by atoms with van der Waals surface area (Å²) in [5.74, 6) is -2.41. The van der Waals surface area contributed by atoms with Crippen molar-refractivity contribution in [1.82, 2.24) is 14.8 Å². The van der Waals surface area contributed by atoms with Crippen molar-refractivity contribution in [2.45, 2.75) is 44.5 Å². The number of aliphatic carboxylic acids is 1. The molecule has 1 aromatic heterocycles. The number of likely N-dealkylation sites (tertiary alicyclic amines) is 2. The number of carboxylic acids is 1. The van der Waals surface area contributed by atoms with Crippen LogP contribution in [-0.2, 0) is 20.9 Å². The Morgan fingerprint density at radius 2 is 2.00 bits per heavy atom. The molecule has 0 unspecified atom stereocenters. The van der Waals surface area contributed by atoms with Crippen molar-refractivity contribution in [3.63, 3.8) is 0 Å². The third-order valence-corrected chi connectivity index (χ3v) is 6.37. The van der Waals surface area contributed by atoms with Gasteiger partial charge in [0.2, 0.25) is 5.91 Å². The van der Waals surface area contributed by atoms with Gasteiger partial charge in [-0.1, -0.05) is 0 Å². The average Bonchev–Trinajstić information content (AvgIpc) is 3.42. The molecule has 0 aliphatic carbocycles. The summed E-state index contributed by atoms with van der Waals surface area (Å²) in [4.78, 5) is 30.9. The SMILES string of the molecule is O=C(N1CCCC1)[C@@]12CCO[C@@H]1CCN(Cc1nccs1)C2.O=C(O)C(F)(F)F. The number of hydrogen-bond donors (Lipinski definition) is 1. The van der Waals surface area contributed by atoms with Gasteiger partial charge in [-0.25, -0.2) is 9.78 Å². The lowest BCUT2D eigenvalue weighted by Crippen LogP contribution is -2.57. The zero-order valence-electron chi connectivity index (χ0n) is 15.9. The molecule has 7 nitrogen and oxygen atoms in total. The summed E-state index contributed by atoms with van der Waals surface area (Å²) in [5, 5.41) is 10.3. The van der Waals surface area contributed by atoms with E-state index in [2.05, 4.69) is 14.8 Å². The minimum atomic E-state index is -5.08. The number of amides is 1. The Morgan fingerprint density at radius 3 is 2.59 bits per heavy atom. The van der Waals surface area contributed by atoms with E-state index in [0.29, 0.717) is 5.91 Å². The molecule has 4 heterocycles. The fourth-order valence-electron chi connectivity index (χ4n) is 4.23. The second kappa shape index (κ2) is 8.97. The lowest BCUT2D eigenvalue weighted by atomic mass is 9.75. The van der Waals surface area contributed by atoms with Crippen LogP contribution in [0.5, 0.6) is 0 Å². The van der Waals surface area contributed by atoms with Gasteiger partial charge in [0.05, 0.1) is 18.1 Å².